The summed E-state index contributed by atoms with van der Waals surface area (Å²) in [6, 6.07) is 0. The van der Waals surface area contributed by atoms with Gasteiger partial charge >= 0.3 is 0 Å². The van der Waals surface area contributed by atoms with E-state index in [-0.39, 0.29) is 0 Å². The van der Waals surface area contributed by atoms with Gasteiger partial charge in [0.2, 0.25) is 0 Å². The molecule has 13 heavy (non-hydrogen) atoms. The molecular formula is C12H23N. The second-order valence-corrected chi connectivity index (χ2v) is 4.82. The molecule has 0 saturated heterocycles. The van der Waals surface area contributed by atoms with Crippen LogP contribution in [-0.2, 0) is 0 Å². The van der Waals surface area contributed by atoms with Crippen LogP contribution < -0.4 is 5.32 Å². The Morgan fingerprint density at radius 3 is 2.38 bits per heavy atom. The molecule has 1 aliphatic heterocycles. The van der Waals surface area contributed by atoms with Crippen LogP contribution in [0.1, 0.15) is 53.9 Å². The van der Waals surface area contributed by atoms with Gasteiger partial charge in [0.1, 0.15) is 0 Å². The first-order valence-corrected chi connectivity index (χ1v) is 5.50. The Kier molecular flexibility index (Phi) is 3.05. The van der Waals surface area contributed by atoms with Crippen LogP contribution in [0.15, 0.2) is 11.3 Å². The summed E-state index contributed by atoms with van der Waals surface area (Å²) in [5, 5.41) is 3.65. The zero-order valence-corrected chi connectivity index (χ0v) is 9.70. The van der Waals surface area contributed by atoms with Crippen LogP contribution in [-0.4, -0.2) is 5.54 Å². The quantitative estimate of drug-likeness (QED) is 0.688. The zero-order chi connectivity index (χ0) is 10.1. The molecule has 1 unspecified atom stereocenters. The van der Waals surface area contributed by atoms with Crippen LogP contribution >= 0.6 is 0 Å². The second-order valence-electron chi connectivity index (χ2n) is 4.82. The standard InChI is InChI=1S/C12H23N/c1-6-10-9(3)8-12(4,5)13-11(10)7-2/h9,13H,6-8H2,1-5H3. The Morgan fingerprint density at radius 2 is 1.92 bits per heavy atom. The van der Waals surface area contributed by atoms with Gasteiger partial charge in [0.05, 0.1) is 0 Å². The van der Waals surface area contributed by atoms with Gasteiger partial charge < -0.3 is 5.32 Å². The molecule has 1 heterocycles. The topological polar surface area (TPSA) is 12.0 Å². The summed E-state index contributed by atoms with van der Waals surface area (Å²) in [6.07, 6.45) is 3.62. The van der Waals surface area contributed by atoms with E-state index in [2.05, 4.69) is 39.9 Å². The van der Waals surface area contributed by atoms with Crippen LogP contribution in [0.4, 0.5) is 0 Å². The van der Waals surface area contributed by atoms with E-state index in [1.54, 1.807) is 5.57 Å². The van der Waals surface area contributed by atoms with Gasteiger partial charge in [0, 0.05) is 11.2 Å². The maximum Gasteiger partial charge on any atom is 0.0320 e. The van der Waals surface area contributed by atoms with E-state index in [0.717, 1.165) is 12.3 Å². The Balaban J connectivity index is 2.92. The van der Waals surface area contributed by atoms with Gasteiger partial charge in [-0.25, -0.2) is 0 Å². The molecule has 0 aromatic heterocycles. The van der Waals surface area contributed by atoms with Gasteiger partial charge in [-0.1, -0.05) is 20.8 Å². The molecule has 1 aliphatic rings. The lowest BCUT2D eigenvalue weighted by Crippen LogP contribution is -2.44. The van der Waals surface area contributed by atoms with Gasteiger partial charge in [-0.2, -0.15) is 0 Å². The molecule has 0 fully saturated rings. The third-order valence-corrected chi connectivity index (χ3v) is 3.02. The fourth-order valence-electron chi connectivity index (χ4n) is 2.60. The van der Waals surface area contributed by atoms with E-state index in [4.69, 9.17) is 0 Å². The first-order valence-electron chi connectivity index (χ1n) is 5.50. The van der Waals surface area contributed by atoms with E-state index in [1.807, 2.05) is 0 Å². The molecule has 1 nitrogen and oxygen atoms in total. The maximum absolute atomic E-state index is 3.65. The highest BCUT2D eigenvalue weighted by atomic mass is 15.0. The number of rotatable bonds is 2. The molecule has 1 atom stereocenters. The lowest BCUT2D eigenvalue weighted by Gasteiger charge is -2.39. The van der Waals surface area contributed by atoms with Gasteiger partial charge in [0.25, 0.3) is 0 Å². The van der Waals surface area contributed by atoms with Crippen LogP contribution in [0.25, 0.3) is 0 Å². The summed E-state index contributed by atoms with van der Waals surface area (Å²) >= 11 is 0. The molecule has 0 radical (unpaired) electrons. The first kappa shape index (κ1) is 10.6. The fourth-order valence-corrected chi connectivity index (χ4v) is 2.60. The SMILES string of the molecule is CCC1=C(CC)C(C)CC(C)(C)N1. The molecule has 76 valence electrons. The van der Waals surface area contributed by atoms with Crippen molar-refractivity contribution < 1.29 is 0 Å². The molecule has 0 aliphatic carbocycles. The Labute approximate surface area is 82.6 Å². The summed E-state index contributed by atoms with van der Waals surface area (Å²) < 4.78 is 0. The highest BCUT2D eigenvalue weighted by molar-refractivity contribution is 5.21. The second kappa shape index (κ2) is 3.73. The highest BCUT2D eigenvalue weighted by Gasteiger charge is 2.29. The number of nitrogens with one attached hydrogen (secondary N) is 1. The summed E-state index contributed by atoms with van der Waals surface area (Å²) in [5.74, 6) is 0.760. The van der Waals surface area contributed by atoms with E-state index < -0.39 is 0 Å². The predicted molar refractivity (Wildman–Crippen MR) is 58.6 cm³/mol. The average Bonchev–Trinajstić information content (AvgIpc) is 2.01. The van der Waals surface area contributed by atoms with Crippen molar-refractivity contribution in [1.29, 1.82) is 0 Å². The van der Waals surface area contributed by atoms with Crippen molar-refractivity contribution in [2.45, 2.75) is 59.4 Å². The van der Waals surface area contributed by atoms with Crippen molar-refractivity contribution in [3.63, 3.8) is 0 Å². The van der Waals surface area contributed by atoms with Crippen molar-refractivity contribution in [2.75, 3.05) is 0 Å². The van der Waals surface area contributed by atoms with Crippen LogP contribution in [0.2, 0.25) is 0 Å². The molecule has 1 heteroatoms. The van der Waals surface area contributed by atoms with Gasteiger partial charge in [0.15, 0.2) is 0 Å². The smallest absolute Gasteiger partial charge is 0.0320 e. The normalized spacial score (nSPS) is 27.3. The molecule has 1 N–H and O–H groups in total. The monoisotopic (exact) mass is 181 g/mol. The minimum atomic E-state index is 0.295. The van der Waals surface area contributed by atoms with E-state index in [9.17, 15) is 0 Å². The summed E-state index contributed by atoms with van der Waals surface area (Å²) in [4.78, 5) is 0. The summed E-state index contributed by atoms with van der Waals surface area (Å²) in [5.41, 5.74) is 3.43. The van der Waals surface area contributed by atoms with Crippen molar-refractivity contribution in [2.24, 2.45) is 5.92 Å². The molecule has 0 aromatic carbocycles. The van der Waals surface area contributed by atoms with Gasteiger partial charge in [-0.15, -0.1) is 0 Å². The minimum Gasteiger partial charge on any atom is -0.383 e. The third-order valence-electron chi connectivity index (χ3n) is 3.02. The first-order chi connectivity index (χ1) is 6.00. The van der Waals surface area contributed by atoms with Crippen LogP contribution in [0, 0.1) is 5.92 Å². The molecular weight excluding hydrogens is 158 g/mol. The van der Waals surface area contributed by atoms with Crippen molar-refractivity contribution in [3.05, 3.63) is 11.3 Å². The molecule has 0 bridgehead atoms. The van der Waals surface area contributed by atoms with E-state index in [0.29, 0.717) is 5.54 Å². The fraction of sp³-hybridized carbons (Fsp3) is 0.833. The largest absolute Gasteiger partial charge is 0.383 e. The molecule has 0 spiro atoms. The minimum absolute atomic E-state index is 0.295. The Morgan fingerprint density at radius 1 is 1.31 bits per heavy atom. The third kappa shape index (κ3) is 2.26. The van der Waals surface area contributed by atoms with Crippen molar-refractivity contribution >= 4 is 0 Å². The summed E-state index contributed by atoms with van der Waals surface area (Å²) in [6.45, 7) is 11.5. The average molecular weight is 181 g/mol. The maximum atomic E-state index is 3.65. The van der Waals surface area contributed by atoms with Gasteiger partial charge in [-0.3, -0.25) is 0 Å². The van der Waals surface area contributed by atoms with Crippen LogP contribution in [0.3, 0.4) is 0 Å². The lowest BCUT2D eigenvalue weighted by molar-refractivity contribution is 0.314. The highest BCUT2D eigenvalue weighted by Crippen LogP contribution is 2.33. The van der Waals surface area contributed by atoms with Crippen molar-refractivity contribution in [3.8, 4) is 0 Å². The number of allylic oxidation sites excluding steroid dienone is 2. The lowest BCUT2D eigenvalue weighted by atomic mass is 9.80. The number of hydrogen-bond acceptors (Lipinski definition) is 1. The van der Waals surface area contributed by atoms with Crippen LogP contribution in [0.5, 0.6) is 0 Å². The molecule has 0 amide bonds. The van der Waals surface area contributed by atoms with E-state index in [1.165, 1.54) is 18.5 Å². The Hall–Kier alpha value is -0.460. The van der Waals surface area contributed by atoms with Gasteiger partial charge in [-0.05, 0) is 44.6 Å². The zero-order valence-electron chi connectivity index (χ0n) is 9.70. The molecule has 0 saturated carbocycles. The summed E-state index contributed by atoms with van der Waals surface area (Å²) in [7, 11) is 0. The molecule has 1 rings (SSSR count). The van der Waals surface area contributed by atoms with E-state index >= 15 is 0 Å². The predicted octanol–water partition coefficient (Wildman–Crippen LogP) is 3.47. The Bertz CT molecular complexity index is 213. The van der Waals surface area contributed by atoms with Crippen molar-refractivity contribution in [1.82, 2.24) is 5.32 Å². The molecule has 0 aromatic rings. The number of hydrogen-bond donors (Lipinski definition) is 1.